The van der Waals surface area contributed by atoms with Crippen LogP contribution in [0.5, 0.6) is 0 Å². The normalized spacial score (nSPS) is 16.7. The van der Waals surface area contributed by atoms with Crippen LogP contribution in [0.2, 0.25) is 0 Å². The van der Waals surface area contributed by atoms with Crippen molar-refractivity contribution < 1.29 is 9.66 Å². The van der Waals surface area contributed by atoms with Gasteiger partial charge in [0.2, 0.25) is 0 Å². The lowest BCUT2D eigenvalue weighted by Crippen LogP contribution is -2.35. The number of morpholine rings is 1. The Bertz CT molecular complexity index is 371. The molecule has 6 heteroatoms. The van der Waals surface area contributed by atoms with Crippen LogP contribution in [0.15, 0.2) is 6.07 Å². The molecule has 5 nitrogen and oxygen atoms in total. The molecule has 1 aliphatic heterocycles. The van der Waals surface area contributed by atoms with E-state index in [1.54, 1.807) is 6.07 Å². The summed E-state index contributed by atoms with van der Waals surface area (Å²) in [7, 11) is 0. The van der Waals surface area contributed by atoms with Gasteiger partial charge in [0.15, 0.2) is 0 Å². The number of hydrogen-bond donors (Lipinski definition) is 0. The Morgan fingerprint density at radius 1 is 1.53 bits per heavy atom. The van der Waals surface area contributed by atoms with E-state index >= 15 is 0 Å². The number of ether oxygens (including phenoxy) is 1. The summed E-state index contributed by atoms with van der Waals surface area (Å²) in [6.45, 7) is 4.95. The van der Waals surface area contributed by atoms with Crippen LogP contribution in [0, 0.1) is 17.0 Å². The predicted octanol–water partition coefficient (Wildman–Crippen LogP) is 1.80. The summed E-state index contributed by atoms with van der Waals surface area (Å²) in [5.74, 6) is 0. The molecule has 82 valence electrons. The van der Waals surface area contributed by atoms with Crippen molar-refractivity contribution in [3.05, 3.63) is 21.7 Å². The highest BCUT2D eigenvalue weighted by atomic mass is 32.1. The van der Waals surface area contributed by atoms with E-state index < -0.39 is 0 Å². The fraction of sp³-hybridized carbons (Fsp3) is 0.556. The third kappa shape index (κ3) is 2.10. The summed E-state index contributed by atoms with van der Waals surface area (Å²) in [5, 5.41) is 11.8. The Morgan fingerprint density at radius 2 is 2.20 bits per heavy atom. The van der Waals surface area contributed by atoms with E-state index in [0.29, 0.717) is 13.2 Å². The molecule has 1 saturated heterocycles. The molecular formula is C9H12N2O3S. The minimum absolute atomic E-state index is 0.217. The van der Waals surface area contributed by atoms with Gasteiger partial charge in [0, 0.05) is 19.2 Å². The molecule has 2 heterocycles. The summed E-state index contributed by atoms with van der Waals surface area (Å²) in [5.41, 5.74) is 0.980. The predicted molar refractivity (Wildman–Crippen MR) is 58.7 cm³/mol. The highest BCUT2D eigenvalue weighted by Gasteiger charge is 2.20. The number of nitrogens with zero attached hydrogens (tertiary/aromatic N) is 2. The van der Waals surface area contributed by atoms with Gasteiger partial charge in [-0.3, -0.25) is 10.1 Å². The smallest absolute Gasteiger partial charge is 0.326 e. The molecule has 2 rings (SSSR count). The fourth-order valence-corrected chi connectivity index (χ4v) is 2.67. The number of aryl methyl sites for hydroxylation is 1. The highest BCUT2D eigenvalue weighted by molar-refractivity contribution is 7.19. The zero-order chi connectivity index (χ0) is 10.8. The molecule has 0 N–H and O–H groups in total. The number of thiophene rings is 1. The van der Waals surface area contributed by atoms with Crippen LogP contribution in [-0.4, -0.2) is 31.2 Å². The topological polar surface area (TPSA) is 55.6 Å². The zero-order valence-corrected chi connectivity index (χ0v) is 9.25. The second-order valence-corrected chi connectivity index (χ2v) is 4.44. The van der Waals surface area contributed by atoms with Crippen molar-refractivity contribution in [1.29, 1.82) is 0 Å². The van der Waals surface area contributed by atoms with E-state index in [-0.39, 0.29) is 9.92 Å². The largest absolute Gasteiger partial charge is 0.378 e. The lowest BCUT2D eigenvalue weighted by Gasteiger charge is -2.27. The van der Waals surface area contributed by atoms with Gasteiger partial charge >= 0.3 is 5.00 Å². The van der Waals surface area contributed by atoms with Gasteiger partial charge in [0.25, 0.3) is 0 Å². The maximum absolute atomic E-state index is 10.6. The van der Waals surface area contributed by atoms with Crippen molar-refractivity contribution in [3.63, 3.8) is 0 Å². The maximum atomic E-state index is 10.6. The van der Waals surface area contributed by atoms with E-state index in [1.165, 1.54) is 11.3 Å². The second kappa shape index (κ2) is 4.16. The first-order chi connectivity index (χ1) is 7.18. The molecule has 1 aliphatic rings. The van der Waals surface area contributed by atoms with E-state index in [2.05, 4.69) is 4.90 Å². The average molecular weight is 228 g/mol. The molecular weight excluding hydrogens is 216 g/mol. The second-order valence-electron chi connectivity index (χ2n) is 3.43. The number of nitro groups is 1. The molecule has 0 radical (unpaired) electrons. The van der Waals surface area contributed by atoms with Crippen LogP contribution in [0.4, 0.5) is 10.0 Å². The number of anilines is 1. The van der Waals surface area contributed by atoms with Gasteiger partial charge in [0.1, 0.15) is 5.00 Å². The summed E-state index contributed by atoms with van der Waals surface area (Å²) < 4.78 is 5.24. The lowest BCUT2D eigenvalue weighted by atomic mass is 10.3. The van der Waals surface area contributed by atoms with Crippen LogP contribution in [0.1, 0.15) is 5.56 Å². The van der Waals surface area contributed by atoms with Gasteiger partial charge in [-0.25, -0.2) is 0 Å². The fourth-order valence-electron chi connectivity index (χ4n) is 1.63. The first-order valence-electron chi connectivity index (χ1n) is 4.76. The molecule has 0 unspecified atom stereocenters. The SMILES string of the molecule is Cc1cc([N+](=O)[O-])sc1N1CCOCC1. The first-order valence-corrected chi connectivity index (χ1v) is 5.57. The Hall–Kier alpha value is -1.14. The molecule has 0 aliphatic carbocycles. The van der Waals surface area contributed by atoms with Gasteiger partial charge in [0.05, 0.1) is 18.1 Å². The van der Waals surface area contributed by atoms with Crippen molar-refractivity contribution in [3.8, 4) is 0 Å². The number of rotatable bonds is 2. The third-order valence-electron chi connectivity index (χ3n) is 2.36. The Balaban J connectivity index is 2.22. The Kier molecular flexibility index (Phi) is 2.88. The van der Waals surface area contributed by atoms with E-state index in [0.717, 1.165) is 23.7 Å². The van der Waals surface area contributed by atoms with Gasteiger partial charge in [-0.15, -0.1) is 0 Å². The van der Waals surface area contributed by atoms with Crippen molar-refractivity contribution in [2.24, 2.45) is 0 Å². The average Bonchev–Trinajstić information content (AvgIpc) is 2.62. The van der Waals surface area contributed by atoms with Crippen molar-refractivity contribution >= 4 is 21.3 Å². The van der Waals surface area contributed by atoms with Crippen LogP contribution in [0.25, 0.3) is 0 Å². The van der Waals surface area contributed by atoms with Gasteiger partial charge in [-0.1, -0.05) is 0 Å². The third-order valence-corrected chi connectivity index (χ3v) is 3.61. The molecule has 0 aromatic carbocycles. The molecule has 0 bridgehead atoms. The monoisotopic (exact) mass is 228 g/mol. The molecule has 1 aromatic heterocycles. The summed E-state index contributed by atoms with van der Waals surface area (Å²) >= 11 is 1.25. The molecule has 0 saturated carbocycles. The van der Waals surface area contributed by atoms with Crippen molar-refractivity contribution in [2.75, 3.05) is 31.2 Å². The first kappa shape index (κ1) is 10.4. The molecule has 1 aromatic rings. The minimum atomic E-state index is -0.332. The molecule has 0 spiro atoms. The quantitative estimate of drug-likeness (QED) is 0.572. The molecule has 0 amide bonds. The van der Waals surface area contributed by atoms with E-state index in [1.807, 2.05) is 6.92 Å². The van der Waals surface area contributed by atoms with Crippen LogP contribution < -0.4 is 4.90 Å². The van der Waals surface area contributed by atoms with Crippen LogP contribution in [-0.2, 0) is 4.74 Å². The van der Waals surface area contributed by atoms with Gasteiger partial charge in [-0.05, 0) is 23.8 Å². The Morgan fingerprint density at radius 3 is 2.73 bits per heavy atom. The van der Waals surface area contributed by atoms with Crippen LogP contribution in [0.3, 0.4) is 0 Å². The zero-order valence-electron chi connectivity index (χ0n) is 8.43. The summed E-state index contributed by atoms with van der Waals surface area (Å²) in [6, 6.07) is 1.63. The van der Waals surface area contributed by atoms with E-state index in [9.17, 15) is 10.1 Å². The lowest BCUT2D eigenvalue weighted by molar-refractivity contribution is -0.380. The highest BCUT2D eigenvalue weighted by Crippen LogP contribution is 2.36. The van der Waals surface area contributed by atoms with Gasteiger partial charge < -0.3 is 9.64 Å². The minimum Gasteiger partial charge on any atom is -0.378 e. The summed E-state index contributed by atoms with van der Waals surface area (Å²) in [6.07, 6.45) is 0. The molecule has 0 atom stereocenters. The van der Waals surface area contributed by atoms with Crippen molar-refractivity contribution in [1.82, 2.24) is 0 Å². The molecule has 1 fully saturated rings. The standard InChI is InChI=1S/C9H12N2O3S/c1-7-6-8(11(12)13)15-9(7)10-2-4-14-5-3-10/h6H,2-5H2,1H3. The molecule has 15 heavy (non-hydrogen) atoms. The van der Waals surface area contributed by atoms with E-state index in [4.69, 9.17) is 4.74 Å². The van der Waals surface area contributed by atoms with Gasteiger partial charge in [-0.2, -0.15) is 0 Å². The maximum Gasteiger partial charge on any atom is 0.326 e. The summed E-state index contributed by atoms with van der Waals surface area (Å²) in [4.78, 5) is 12.4. The Labute approximate surface area is 91.4 Å². The van der Waals surface area contributed by atoms with Crippen molar-refractivity contribution in [2.45, 2.75) is 6.92 Å². The van der Waals surface area contributed by atoms with Crippen LogP contribution >= 0.6 is 11.3 Å². The number of hydrogen-bond acceptors (Lipinski definition) is 5.